The van der Waals surface area contributed by atoms with E-state index in [2.05, 4.69) is 0 Å². The van der Waals surface area contributed by atoms with Gasteiger partial charge in [-0.05, 0) is 11.5 Å². The summed E-state index contributed by atoms with van der Waals surface area (Å²) in [6.07, 6.45) is -1.12. The molecular weight excluding hydrogens is 255 g/mol. The lowest BCUT2D eigenvalue weighted by molar-refractivity contribution is -0.147. The summed E-state index contributed by atoms with van der Waals surface area (Å²) in [6.45, 7) is 3.48. The zero-order valence-electron chi connectivity index (χ0n) is 10.3. The van der Waals surface area contributed by atoms with Crippen molar-refractivity contribution in [2.75, 3.05) is 0 Å². The molecule has 1 rings (SSSR count). The van der Waals surface area contributed by atoms with Gasteiger partial charge in [0.1, 0.15) is 6.61 Å². The van der Waals surface area contributed by atoms with Gasteiger partial charge in [0.05, 0.1) is 0 Å². The minimum atomic E-state index is -2.44. The molecule has 0 bridgehead atoms. The zero-order valence-corrected chi connectivity index (χ0v) is 11.2. The monoisotopic (exact) mass is 271 g/mol. The minimum absolute atomic E-state index is 0.125. The van der Waals surface area contributed by atoms with Crippen LogP contribution in [0, 0.1) is 5.92 Å². The molecule has 1 aromatic rings. The molecule has 5 nitrogen and oxygen atoms in total. The molecule has 0 aliphatic rings. The molecular formula is C12H16O5P+. The lowest BCUT2D eigenvalue weighted by Crippen LogP contribution is -2.27. The third-order valence-electron chi connectivity index (χ3n) is 2.23. The van der Waals surface area contributed by atoms with Crippen molar-refractivity contribution in [3.63, 3.8) is 0 Å². The standard InChI is InChI=1S/C12H15O5P/c1-9(2)11(12(13)14)17-18(15)16-8-10-6-4-3-5-7-10/h3-7,9,11H,8H2,1-2H3/p+1. The molecule has 0 amide bonds. The summed E-state index contributed by atoms with van der Waals surface area (Å²) in [7, 11) is -2.44. The molecule has 0 fully saturated rings. The largest absolute Gasteiger partial charge is 0.698 e. The number of hydrogen-bond donors (Lipinski definition) is 1. The maximum absolute atomic E-state index is 11.5. The second-order valence-electron chi connectivity index (χ2n) is 4.09. The summed E-state index contributed by atoms with van der Waals surface area (Å²) >= 11 is 0. The molecule has 0 aliphatic heterocycles. The summed E-state index contributed by atoms with van der Waals surface area (Å²) in [6, 6.07) is 9.17. The topological polar surface area (TPSA) is 72.8 Å². The molecule has 0 radical (unpaired) electrons. The second-order valence-corrected chi connectivity index (χ2v) is 5.01. The highest BCUT2D eigenvalue weighted by atomic mass is 31.1. The van der Waals surface area contributed by atoms with Gasteiger partial charge in [-0.15, -0.1) is 9.05 Å². The first-order valence-electron chi connectivity index (χ1n) is 5.54. The van der Waals surface area contributed by atoms with Gasteiger partial charge in [-0.2, -0.15) is 0 Å². The molecule has 0 saturated heterocycles. The van der Waals surface area contributed by atoms with E-state index in [1.807, 2.05) is 30.3 Å². The molecule has 1 aromatic carbocycles. The first-order chi connectivity index (χ1) is 8.50. The molecule has 2 unspecified atom stereocenters. The molecule has 1 N–H and O–H groups in total. The van der Waals surface area contributed by atoms with Crippen LogP contribution in [0.15, 0.2) is 30.3 Å². The molecule has 0 saturated carbocycles. The van der Waals surface area contributed by atoms with Crippen LogP contribution in [0.1, 0.15) is 19.4 Å². The van der Waals surface area contributed by atoms with Crippen molar-refractivity contribution in [1.29, 1.82) is 0 Å². The molecule has 98 valence electrons. The van der Waals surface area contributed by atoms with Gasteiger partial charge < -0.3 is 5.11 Å². The van der Waals surface area contributed by atoms with E-state index in [4.69, 9.17) is 14.2 Å². The van der Waals surface area contributed by atoms with Gasteiger partial charge in [0.2, 0.25) is 6.10 Å². The Morgan fingerprint density at radius 1 is 1.33 bits per heavy atom. The van der Waals surface area contributed by atoms with Crippen LogP contribution >= 0.6 is 8.25 Å². The summed E-state index contributed by atoms with van der Waals surface area (Å²) in [5.74, 6) is -1.42. The first-order valence-corrected chi connectivity index (χ1v) is 6.64. The predicted octanol–water partition coefficient (Wildman–Crippen LogP) is 2.99. The smallest absolute Gasteiger partial charge is 0.479 e. The van der Waals surface area contributed by atoms with E-state index in [1.165, 1.54) is 0 Å². The highest BCUT2D eigenvalue weighted by Gasteiger charge is 2.34. The van der Waals surface area contributed by atoms with Crippen LogP contribution in [0.5, 0.6) is 0 Å². The number of aliphatic carboxylic acids is 1. The third kappa shape index (κ3) is 4.92. The highest BCUT2D eigenvalue weighted by molar-refractivity contribution is 7.33. The second kappa shape index (κ2) is 7.21. The summed E-state index contributed by atoms with van der Waals surface area (Å²) in [5.41, 5.74) is 0.848. The SMILES string of the molecule is CC(C)C(O[P+](=O)OCc1ccccc1)C(=O)O. The Bertz CT molecular complexity index is 404. The van der Waals surface area contributed by atoms with Crippen molar-refractivity contribution in [2.45, 2.75) is 26.6 Å². The Kier molecular flexibility index (Phi) is 5.92. The molecule has 0 aliphatic carbocycles. The van der Waals surface area contributed by atoms with E-state index in [-0.39, 0.29) is 12.5 Å². The molecule has 0 aromatic heterocycles. The Morgan fingerprint density at radius 3 is 2.44 bits per heavy atom. The maximum Gasteiger partial charge on any atom is 0.698 e. The number of carboxylic acid groups (broad SMARTS) is 1. The molecule has 2 atom stereocenters. The Morgan fingerprint density at radius 2 is 1.94 bits per heavy atom. The summed E-state index contributed by atoms with van der Waals surface area (Å²) < 4.78 is 21.3. The lowest BCUT2D eigenvalue weighted by Gasteiger charge is -2.08. The van der Waals surface area contributed by atoms with E-state index in [0.29, 0.717) is 0 Å². The minimum Gasteiger partial charge on any atom is -0.479 e. The average molecular weight is 271 g/mol. The van der Waals surface area contributed by atoms with Gasteiger partial charge in [-0.25, -0.2) is 4.79 Å². The summed E-state index contributed by atoms with van der Waals surface area (Å²) in [5, 5.41) is 8.87. The van der Waals surface area contributed by atoms with Gasteiger partial charge in [0.25, 0.3) is 0 Å². The first kappa shape index (κ1) is 14.8. The Labute approximate surface area is 107 Å². The van der Waals surface area contributed by atoms with Crippen molar-refractivity contribution in [3.05, 3.63) is 35.9 Å². The van der Waals surface area contributed by atoms with Crippen LogP contribution in [0.25, 0.3) is 0 Å². The number of carboxylic acids is 1. The van der Waals surface area contributed by atoms with E-state index in [1.54, 1.807) is 13.8 Å². The van der Waals surface area contributed by atoms with Crippen LogP contribution in [-0.2, 0) is 25.0 Å². The van der Waals surface area contributed by atoms with Crippen molar-refractivity contribution in [3.8, 4) is 0 Å². The van der Waals surface area contributed by atoms with Crippen molar-refractivity contribution >= 4 is 14.2 Å². The highest BCUT2D eigenvalue weighted by Crippen LogP contribution is 2.30. The summed E-state index contributed by atoms with van der Waals surface area (Å²) in [4.78, 5) is 10.8. The normalized spacial score (nSPS) is 13.4. The molecule has 0 spiro atoms. The molecule has 6 heteroatoms. The van der Waals surface area contributed by atoms with Crippen LogP contribution in [-0.4, -0.2) is 17.2 Å². The number of hydrogen-bond acceptors (Lipinski definition) is 4. The van der Waals surface area contributed by atoms with Crippen molar-refractivity contribution < 1.29 is 23.5 Å². The van der Waals surface area contributed by atoms with Gasteiger partial charge >= 0.3 is 14.2 Å². The Hall–Kier alpha value is -1.29. The van der Waals surface area contributed by atoms with Crippen molar-refractivity contribution in [1.82, 2.24) is 0 Å². The van der Waals surface area contributed by atoms with Crippen LogP contribution < -0.4 is 0 Å². The van der Waals surface area contributed by atoms with E-state index in [9.17, 15) is 9.36 Å². The lowest BCUT2D eigenvalue weighted by atomic mass is 10.1. The third-order valence-corrected chi connectivity index (χ3v) is 2.97. The van der Waals surface area contributed by atoms with E-state index < -0.39 is 20.3 Å². The quantitative estimate of drug-likeness (QED) is 0.772. The predicted molar refractivity (Wildman–Crippen MR) is 66.2 cm³/mol. The Balaban J connectivity index is 2.44. The van der Waals surface area contributed by atoms with E-state index >= 15 is 0 Å². The van der Waals surface area contributed by atoms with Crippen molar-refractivity contribution in [2.24, 2.45) is 5.92 Å². The maximum atomic E-state index is 11.5. The van der Waals surface area contributed by atoms with Crippen LogP contribution in [0.2, 0.25) is 0 Å². The zero-order chi connectivity index (χ0) is 13.5. The van der Waals surface area contributed by atoms with Crippen LogP contribution in [0.3, 0.4) is 0 Å². The fraction of sp³-hybridized carbons (Fsp3) is 0.417. The van der Waals surface area contributed by atoms with Gasteiger partial charge in [0, 0.05) is 4.57 Å². The number of benzene rings is 1. The van der Waals surface area contributed by atoms with Gasteiger partial charge in [0.15, 0.2) is 0 Å². The molecule has 18 heavy (non-hydrogen) atoms. The fourth-order valence-electron chi connectivity index (χ4n) is 1.28. The van der Waals surface area contributed by atoms with Gasteiger partial charge in [-0.1, -0.05) is 44.2 Å². The average Bonchev–Trinajstić information content (AvgIpc) is 2.34. The number of carbonyl (C=O) groups is 1. The van der Waals surface area contributed by atoms with E-state index in [0.717, 1.165) is 5.56 Å². The fourth-order valence-corrected chi connectivity index (χ4v) is 2.11. The number of rotatable bonds is 7. The van der Waals surface area contributed by atoms with Crippen LogP contribution in [0.4, 0.5) is 0 Å². The van der Waals surface area contributed by atoms with Gasteiger partial charge in [-0.3, -0.25) is 0 Å². The molecule has 0 heterocycles.